The molecule has 0 aliphatic rings. The predicted octanol–water partition coefficient (Wildman–Crippen LogP) is 4.88. The molecule has 30 heavy (non-hydrogen) atoms. The Morgan fingerprint density at radius 2 is 1.47 bits per heavy atom. The second kappa shape index (κ2) is 9.92. The van der Waals surface area contributed by atoms with Gasteiger partial charge in [-0.3, -0.25) is 9.59 Å². The van der Waals surface area contributed by atoms with Crippen LogP contribution in [0.3, 0.4) is 0 Å². The van der Waals surface area contributed by atoms with Crippen molar-refractivity contribution in [2.24, 2.45) is 0 Å². The van der Waals surface area contributed by atoms with Crippen molar-refractivity contribution in [3.63, 3.8) is 0 Å². The third kappa shape index (κ3) is 7.01. The molecule has 1 atom stereocenters. The minimum Gasteiger partial charge on any atom is -0.350 e. The van der Waals surface area contributed by atoms with E-state index >= 15 is 0 Å². The highest BCUT2D eigenvalue weighted by Crippen LogP contribution is 2.17. The van der Waals surface area contributed by atoms with Gasteiger partial charge in [-0.05, 0) is 59.1 Å². The molecule has 162 valence electrons. The Balaban J connectivity index is 2.33. The lowest BCUT2D eigenvalue weighted by atomic mass is 10.0. The van der Waals surface area contributed by atoms with Crippen LogP contribution in [0.1, 0.15) is 61.9 Å². The van der Waals surface area contributed by atoms with Crippen molar-refractivity contribution >= 4 is 11.8 Å². The molecule has 0 saturated carbocycles. The number of carbonyl (C=O) groups excluding carboxylic acids is 2. The van der Waals surface area contributed by atoms with E-state index in [1.807, 2.05) is 84.9 Å². The van der Waals surface area contributed by atoms with Crippen LogP contribution in [0.5, 0.6) is 0 Å². The van der Waals surface area contributed by atoms with Crippen LogP contribution < -0.4 is 5.32 Å². The fourth-order valence-corrected chi connectivity index (χ4v) is 3.71. The molecule has 2 rings (SSSR count). The van der Waals surface area contributed by atoms with Crippen LogP contribution in [0.4, 0.5) is 0 Å². The lowest BCUT2D eigenvalue weighted by molar-refractivity contribution is -0.141. The number of benzene rings is 2. The highest BCUT2D eigenvalue weighted by Gasteiger charge is 2.30. The lowest BCUT2D eigenvalue weighted by Crippen LogP contribution is -2.53. The molecule has 0 fully saturated rings. The predicted molar refractivity (Wildman–Crippen MR) is 123 cm³/mol. The van der Waals surface area contributed by atoms with Gasteiger partial charge in [0.25, 0.3) is 0 Å². The van der Waals surface area contributed by atoms with Crippen molar-refractivity contribution in [1.29, 1.82) is 0 Å². The van der Waals surface area contributed by atoms with Gasteiger partial charge in [0.05, 0.1) is 6.42 Å². The molecule has 0 saturated heterocycles. The number of aryl methyl sites for hydroxylation is 3. The van der Waals surface area contributed by atoms with Gasteiger partial charge in [-0.2, -0.15) is 0 Å². The van der Waals surface area contributed by atoms with Crippen LogP contribution in [-0.2, 0) is 22.6 Å². The molecule has 2 amide bonds. The topological polar surface area (TPSA) is 49.4 Å². The molecule has 2 aromatic carbocycles. The van der Waals surface area contributed by atoms with Gasteiger partial charge >= 0.3 is 0 Å². The Morgan fingerprint density at radius 3 is 1.97 bits per heavy atom. The first kappa shape index (κ1) is 23.7. The van der Waals surface area contributed by atoms with Gasteiger partial charge in [-0.1, -0.05) is 66.1 Å². The summed E-state index contributed by atoms with van der Waals surface area (Å²) < 4.78 is 0. The number of carbonyl (C=O) groups is 2. The number of nitrogens with one attached hydrogen (secondary N) is 1. The van der Waals surface area contributed by atoms with Gasteiger partial charge in [-0.15, -0.1) is 0 Å². The maximum Gasteiger partial charge on any atom is 0.243 e. The van der Waals surface area contributed by atoms with Crippen LogP contribution in [0.2, 0.25) is 0 Å². The van der Waals surface area contributed by atoms with E-state index in [1.54, 1.807) is 4.90 Å². The third-order valence-electron chi connectivity index (χ3n) is 4.99. The minimum absolute atomic E-state index is 0.0310. The molecule has 0 aliphatic heterocycles. The molecule has 1 N–H and O–H groups in total. The molecule has 0 aliphatic carbocycles. The molecule has 0 unspecified atom stereocenters. The fourth-order valence-electron chi connectivity index (χ4n) is 3.71. The van der Waals surface area contributed by atoms with Crippen molar-refractivity contribution in [2.75, 3.05) is 0 Å². The smallest absolute Gasteiger partial charge is 0.243 e. The van der Waals surface area contributed by atoms with Crippen molar-refractivity contribution in [3.8, 4) is 0 Å². The van der Waals surface area contributed by atoms with Gasteiger partial charge in [0.2, 0.25) is 11.8 Å². The SMILES string of the molecule is CC[C@@H](C(=O)NC(C)(C)C)N(Cc1ccc(C)cc1)C(=O)Cc1cc(C)cc(C)c1. The molecule has 0 spiro atoms. The average molecular weight is 409 g/mol. The van der Waals surface area contributed by atoms with E-state index in [9.17, 15) is 9.59 Å². The largest absolute Gasteiger partial charge is 0.350 e. The average Bonchev–Trinajstić information content (AvgIpc) is 2.60. The first-order valence-corrected chi connectivity index (χ1v) is 10.7. The number of amides is 2. The van der Waals surface area contributed by atoms with E-state index in [0.717, 1.165) is 22.3 Å². The Hall–Kier alpha value is -2.62. The first-order valence-electron chi connectivity index (χ1n) is 10.7. The summed E-state index contributed by atoms with van der Waals surface area (Å²) in [6.07, 6.45) is 0.847. The van der Waals surface area contributed by atoms with Gasteiger partial charge in [0.15, 0.2) is 0 Å². The molecule has 4 nitrogen and oxygen atoms in total. The number of nitrogens with zero attached hydrogens (tertiary/aromatic N) is 1. The normalized spacial score (nSPS) is 12.4. The maximum atomic E-state index is 13.4. The van der Waals surface area contributed by atoms with E-state index < -0.39 is 6.04 Å². The van der Waals surface area contributed by atoms with E-state index in [1.165, 1.54) is 5.56 Å². The van der Waals surface area contributed by atoms with Crippen molar-refractivity contribution in [1.82, 2.24) is 10.2 Å². The second-order valence-electron chi connectivity index (χ2n) is 9.34. The highest BCUT2D eigenvalue weighted by molar-refractivity contribution is 5.88. The summed E-state index contributed by atoms with van der Waals surface area (Å²) in [5.74, 6) is -0.137. The van der Waals surface area contributed by atoms with Crippen molar-refractivity contribution in [3.05, 3.63) is 70.3 Å². The number of hydrogen-bond acceptors (Lipinski definition) is 2. The van der Waals surface area contributed by atoms with E-state index in [-0.39, 0.29) is 23.8 Å². The van der Waals surface area contributed by atoms with Gasteiger partial charge < -0.3 is 10.2 Å². The van der Waals surface area contributed by atoms with Gasteiger partial charge in [0.1, 0.15) is 6.04 Å². The molecule has 0 radical (unpaired) electrons. The summed E-state index contributed by atoms with van der Waals surface area (Å²) in [4.78, 5) is 28.2. The molecule has 4 heteroatoms. The lowest BCUT2D eigenvalue weighted by Gasteiger charge is -2.33. The van der Waals surface area contributed by atoms with Crippen molar-refractivity contribution in [2.45, 2.75) is 79.4 Å². The zero-order valence-corrected chi connectivity index (χ0v) is 19.5. The molecule has 0 bridgehead atoms. The molecule has 2 aromatic rings. The van der Waals surface area contributed by atoms with Crippen LogP contribution >= 0.6 is 0 Å². The van der Waals surface area contributed by atoms with Crippen LogP contribution in [-0.4, -0.2) is 28.3 Å². The minimum atomic E-state index is -0.510. The van der Waals surface area contributed by atoms with Crippen LogP contribution in [0.15, 0.2) is 42.5 Å². The first-order chi connectivity index (χ1) is 14.0. The van der Waals surface area contributed by atoms with Crippen LogP contribution in [0.25, 0.3) is 0 Å². The number of rotatable bonds is 7. The van der Waals surface area contributed by atoms with Crippen molar-refractivity contribution < 1.29 is 9.59 Å². The molecule has 0 aromatic heterocycles. The monoisotopic (exact) mass is 408 g/mol. The summed E-state index contributed by atoms with van der Waals surface area (Å²) in [6.45, 7) is 14.4. The summed E-state index contributed by atoms with van der Waals surface area (Å²) in [7, 11) is 0. The van der Waals surface area contributed by atoms with E-state index in [0.29, 0.717) is 13.0 Å². The molecule has 0 heterocycles. The quantitative estimate of drug-likeness (QED) is 0.710. The zero-order valence-electron chi connectivity index (χ0n) is 19.5. The second-order valence-corrected chi connectivity index (χ2v) is 9.34. The summed E-state index contributed by atoms with van der Waals surface area (Å²) in [6, 6.07) is 13.8. The molecular formula is C26H36N2O2. The van der Waals surface area contributed by atoms with E-state index in [4.69, 9.17) is 0 Å². The van der Waals surface area contributed by atoms with Gasteiger partial charge in [-0.25, -0.2) is 0 Å². The fraction of sp³-hybridized carbons (Fsp3) is 0.462. The van der Waals surface area contributed by atoms with Crippen LogP contribution in [0, 0.1) is 20.8 Å². The standard InChI is InChI=1S/C26H36N2O2/c1-8-23(25(30)27-26(5,6)7)28(17-21-11-9-18(2)10-12-21)24(29)16-22-14-19(3)13-20(4)15-22/h9-15,23H,8,16-17H2,1-7H3,(H,27,30)/t23-/m0/s1. The zero-order chi connectivity index (χ0) is 22.5. The Labute approximate surface area is 181 Å². The Morgan fingerprint density at radius 1 is 0.900 bits per heavy atom. The maximum absolute atomic E-state index is 13.4. The Kier molecular flexibility index (Phi) is 7.83. The third-order valence-corrected chi connectivity index (χ3v) is 4.99. The summed E-state index contributed by atoms with van der Waals surface area (Å²) >= 11 is 0. The summed E-state index contributed by atoms with van der Waals surface area (Å²) in [5, 5.41) is 3.05. The Bertz CT molecular complexity index is 859. The summed E-state index contributed by atoms with van der Waals surface area (Å²) in [5.41, 5.74) is 5.11. The van der Waals surface area contributed by atoms with E-state index in [2.05, 4.69) is 11.4 Å². The van der Waals surface area contributed by atoms with Gasteiger partial charge in [0, 0.05) is 12.1 Å². The molecular weight excluding hydrogens is 372 g/mol. The highest BCUT2D eigenvalue weighted by atomic mass is 16.2. The number of hydrogen-bond donors (Lipinski definition) is 1.